The summed E-state index contributed by atoms with van der Waals surface area (Å²) in [6, 6.07) is 25.6. The van der Waals surface area contributed by atoms with Gasteiger partial charge in [-0.1, -0.05) is 124 Å². The van der Waals surface area contributed by atoms with Crippen molar-refractivity contribution in [3.8, 4) is 0 Å². The van der Waals surface area contributed by atoms with Crippen LogP contribution in [0.1, 0.15) is 86.4 Å². The van der Waals surface area contributed by atoms with Crippen molar-refractivity contribution in [1.82, 2.24) is 89.7 Å². The summed E-state index contributed by atoms with van der Waals surface area (Å²) in [6.07, 6.45) is 10.5. The predicted octanol–water partition coefficient (Wildman–Crippen LogP) is 13.8. The summed E-state index contributed by atoms with van der Waals surface area (Å²) in [6.45, 7) is 14.7. The Kier molecular flexibility index (Phi) is 33.9. The highest BCUT2D eigenvalue weighted by molar-refractivity contribution is 7.99. The van der Waals surface area contributed by atoms with Gasteiger partial charge in [0.05, 0.1) is 49.2 Å². The first-order valence-electron chi connectivity index (χ1n) is 31.1. The average molecular weight is 1600 g/mol. The summed E-state index contributed by atoms with van der Waals surface area (Å²) in [4.78, 5) is 133. The predicted molar refractivity (Wildman–Crippen MR) is 409 cm³/mol. The third kappa shape index (κ3) is 29.4. The van der Waals surface area contributed by atoms with Gasteiger partial charge in [0.1, 0.15) is 5.82 Å². The Labute approximate surface area is 639 Å². The molecule has 0 spiro atoms. The number of halogens is 6. The molecule has 0 unspecified atom stereocenters. The normalized spacial score (nSPS) is 10.5. The molecule has 12 aromatic heterocycles. The van der Waals surface area contributed by atoms with Gasteiger partial charge >= 0.3 is 0 Å². The van der Waals surface area contributed by atoms with Crippen LogP contribution in [-0.2, 0) is 40.9 Å². The lowest BCUT2D eigenvalue weighted by molar-refractivity contribution is 0.496. The number of hydrogen-bond donors (Lipinski definition) is 6. The molecule has 105 heavy (non-hydrogen) atoms. The second kappa shape index (κ2) is 42.8. The number of aromatic nitrogens is 18. The van der Waals surface area contributed by atoms with E-state index in [2.05, 4.69) is 103 Å². The number of H-pyrrole nitrogens is 6. The maximum Gasteiger partial charge on any atom is 0.251 e. The van der Waals surface area contributed by atoms with Gasteiger partial charge in [-0.2, -0.15) is 0 Å². The average Bonchev–Trinajstić information content (AvgIpc) is 0.852. The van der Waals surface area contributed by atoms with Gasteiger partial charge in [-0.25, -0.2) is 43.1 Å². The molecule has 0 aromatic carbocycles. The third-order valence-electron chi connectivity index (χ3n) is 13.1. The largest absolute Gasteiger partial charge is 0.301 e. The van der Waals surface area contributed by atoms with E-state index in [9.17, 15) is 41.9 Å². The zero-order valence-corrected chi connectivity index (χ0v) is 64.4. The Balaban J connectivity index is 0.000000176. The molecule has 12 aromatic rings. The molecule has 0 atom stereocenters. The topological polar surface area (TPSA) is 352 Å². The first-order valence-corrected chi connectivity index (χ1v) is 38.1. The van der Waals surface area contributed by atoms with E-state index in [4.69, 9.17) is 34.8 Å². The second-order valence-electron chi connectivity index (χ2n) is 21.6. The Hall–Kier alpha value is -9.06. The molecule has 0 aliphatic heterocycles. The van der Waals surface area contributed by atoms with E-state index in [1.165, 1.54) is 125 Å². The van der Waals surface area contributed by atoms with Gasteiger partial charge in [0.15, 0.2) is 42.6 Å². The van der Waals surface area contributed by atoms with Crippen LogP contribution in [0.3, 0.4) is 0 Å². The number of nitrogens with zero attached hydrogens (tertiary/aromatic N) is 12. The zero-order chi connectivity index (χ0) is 76.0. The maximum absolute atomic E-state index is 13.3. The van der Waals surface area contributed by atoms with Crippen molar-refractivity contribution in [2.45, 2.75) is 127 Å². The Morgan fingerprint density at radius 2 is 0.648 bits per heavy atom. The highest BCUT2D eigenvalue weighted by Crippen LogP contribution is 2.29. The molecule has 546 valence electrons. The van der Waals surface area contributed by atoms with Gasteiger partial charge in [-0.05, 0) is 115 Å². The van der Waals surface area contributed by atoms with Crippen LogP contribution in [-0.4, -0.2) is 89.7 Å². The van der Waals surface area contributed by atoms with E-state index >= 15 is 0 Å². The summed E-state index contributed by atoms with van der Waals surface area (Å²) >= 11 is 26.0. The zero-order valence-electron chi connectivity index (χ0n) is 57.2. The molecule has 0 amide bonds. The van der Waals surface area contributed by atoms with E-state index in [0.29, 0.717) is 103 Å². The lowest BCUT2D eigenvalue weighted by Gasteiger charge is -2.05. The first-order chi connectivity index (χ1) is 50.2. The van der Waals surface area contributed by atoms with Crippen molar-refractivity contribution in [2.75, 3.05) is 0 Å². The van der Waals surface area contributed by atoms with E-state index in [0.717, 1.165) is 64.0 Å². The molecular weight excluding hydrogens is 1530 g/mol. The van der Waals surface area contributed by atoms with Crippen molar-refractivity contribution in [3.63, 3.8) is 0 Å². The number of rotatable bonds is 19. The lowest BCUT2D eigenvalue weighted by Crippen LogP contribution is -2.08. The molecule has 0 aliphatic carbocycles. The molecule has 0 bridgehead atoms. The number of aryl methyl sites for hydroxylation is 8. The molecule has 6 N–H and O–H groups in total. The fraction of sp³-hybridized carbons (Fsp3) is 0.217. The van der Waals surface area contributed by atoms with Crippen molar-refractivity contribution in [2.24, 2.45) is 0 Å². The number of nitrogens with one attached hydrogen (secondary N) is 6. The van der Waals surface area contributed by atoms with Crippen molar-refractivity contribution < 1.29 is 13.2 Å². The van der Waals surface area contributed by atoms with Gasteiger partial charge in [-0.15, -0.1) is 0 Å². The van der Waals surface area contributed by atoms with Crippen LogP contribution in [0, 0.1) is 65.9 Å². The molecule has 36 heteroatoms. The molecule has 0 saturated heterocycles. The quantitative estimate of drug-likeness (QED) is 0.0323. The highest BCUT2D eigenvalue weighted by Gasteiger charge is 2.13. The third-order valence-corrected chi connectivity index (χ3v) is 19.6. The molecule has 0 aliphatic rings. The van der Waals surface area contributed by atoms with Crippen LogP contribution in [0.2, 0.25) is 15.1 Å². The monoisotopic (exact) mass is 1600 g/mol. The van der Waals surface area contributed by atoms with Crippen LogP contribution >= 0.6 is 105 Å². The number of hydrogen-bond acceptors (Lipinski definition) is 24. The fourth-order valence-electron chi connectivity index (χ4n) is 8.30. The minimum atomic E-state index is -0.972. The SMILES string of the molecule is CCc1cccnc1CSc1nc(C)cc(=O)[nH]1.Cc1cc(=O)[nH]c(SCc2nccc(Cl)c2Cl)n1.Cc1cc(=O)[nH]c(SCc2nccc(F)c2F)n1.Cc1cc(=O)[nH]c(SCc2ncccc2C)n1.Cc1cc(=O)[nH]c(SCc2ncccc2Cl)n1.Cc1cc(=O)[nH]c(SCc2ncccc2F)n1. The maximum atomic E-state index is 13.3. The van der Waals surface area contributed by atoms with Gasteiger partial charge in [0.25, 0.3) is 33.4 Å². The van der Waals surface area contributed by atoms with E-state index < -0.39 is 11.6 Å². The second-order valence-corrected chi connectivity index (χ2v) is 28.6. The summed E-state index contributed by atoms with van der Waals surface area (Å²) < 4.78 is 39.5. The van der Waals surface area contributed by atoms with Crippen LogP contribution in [0.4, 0.5) is 13.2 Å². The molecule has 12 heterocycles. The molecule has 12 rings (SSSR count). The Bertz CT molecular complexity index is 4920. The summed E-state index contributed by atoms with van der Waals surface area (Å²) in [5, 5.41) is 4.75. The Morgan fingerprint density at radius 3 is 1.05 bits per heavy atom. The number of aromatic amines is 6. The van der Waals surface area contributed by atoms with Gasteiger partial charge in [0, 0.05) is 142 Å². The van der Waals surface area contributed by atoms with Gasteiger partial charge < -0.3 is 29.9 Å². The van der Waals surface area contributed by atoms with E-state index in [-0.39, 0.29) is 50.6 Å². The molecule has 24 nitrogen and oxygen atoms in total. The van der Waals surface area contributed by atoms with Crippen molar-refractivity contribution in [3.05, 3.63) is 308 Å². The van der Waals surface area contributed by atoms with E-state index in [1.54, 1.807) is 70.7 Å². The molecule has 0 radical (unpaired) electrons. The van der Waals surface area contributed by atoms with Crippen LogP contribution in [0.15, 0.2) is 194 Å². The van der Waals surface area contributed by atoms with Crippen LogP contribution < -0.4 is 33.4 Å². The van der Waals surface area contributed by atoms with Gasteiger partial charge in [0.2, 0.25) is 0 Å². The van der Waals surface area contributed by atoms with Crippen molar-refractivity contribution in [1.29, 1.82) is 0 Å². The standard InChI is InChI=1S/C13H15N3OS.C12H13N3OS.C11H9Cl2N3OS.C11H10ClN3OS.C11H9F2N3OS.C11H10FN3OS/c1-3-10-5-4-6-14-11(10)8-18-13-15-9(2)7-12(17)16-13;1-8-4-3-5-13-10(8)7-17-12-14-9(2)6-11(16)15-12;1-6-4-9(17)16-11(15-6)18-5-8-10(13)7(12)2-3-14-8;1-7-5-10(16)15-11(14-7)17-6-9-8(12)3-2-4-13-9;1-6-4-9(17)16-11(15-6)18-5-8-10(13)7(12)2-3-14-8;1-7-5-10(16)15-11(14-7)17-6-9-8(12)3-2-4-13-9/h4-7H,3,8H2,1-2H3,(H,15,16,17);3-6H,7H2,1-2H3,(H,14,15,16);2-4H,5H2,1H3,(H,15,16,17);2-5H,6H2,1H3,(H,14,15,16);2-4H,5H2,1H3,(H,15,16,17);2-5H,6H2,1H3,(H,14,15,16). The Morgan fingerprint density at radius 1 is 0.333 bits per heavy atom. The fourth-order valence-corrected chi connectivity index (χ4v) is 14.3. The lowest BCUT2D eigenvalue weighted by atomic mass is 10.1. The molecule has 0 fully saturated rings. The summed E-state index contributed by atoms with van der Waals surface area (Å²) in [5.74, 6) is 0.656. The highest BCUT2D eigenvalue weighted by atomic mass is 35.5. The number of pyridine rings is 6. The number of thioether (sulfide) groups is 6. The minimum Gasteiger partial charge on any atom is -0.301 e. The van der Waals surface area contributed by atoms with Gasteiger partial charge in [-0.3, -0.25) is 58.7 Å². The smallest absolute Gasteiger partial charge is 0.251 e. The minimum absolute atomic E-state index is 0.0100. The van der Waals surface area contributed by atoms with Crippen molar-refractivity contribution >= 4 is 105 Å². The van der Waals surface area contributed by atoms with Crippen LogP contribution in [0.25, 0.3) is 0 Å². The van der Waals surface area contributed by atoms with E-state index in [1.807, 2.05) is 39.0 Å². The van der Waals surface area contributed by atoms with Crippen LogP contribution in [0.5, 0.6) is 0 Å². The summed E-state index contributed by atoms with van der Waals surface area (Å²) in [5.41, 5.74) is 9.24. The summed E-state index contributed by atoms with van der Waals surface area (Å²) in [7, 11) is 0. The first kappa shape index (κ1) is 83.2. The molecule has 0 saturated carbocycles. The molecular formula is C69H66Cl3F3N18O6S6.